The summed E-state index contributed by atoms with van der Waals surface area (Å²) in [6, 6.07) is 8.40. The van der Waals surface area contributed by atoms with E-state index in [9.17, 15) is 9.59 Å². The van der Waals surface area contributed by atoms with Gasteiger partial charge in [-0.05, 0) is 24.6 Å². The van der Waals surface area contributed by atoms with Gasteiger partial charge in [0.15, 0.2) is 6.39 Å². The van der Waals surface area contributed by atoms with Crippen LogP contribution in [0.5, 0.6) is 0 Å². The Bertz CT molecular complexity index is 722. The number of amides is 2. The molecule has 2 heterocycles. The number of hydrogen-bond donors (Lipinski definition) is 1. The minimum Gasteiger partial charge on any atom is -0.438 e. The number of piperazine rings is 1. The molecule has 1 fully saturated rings. The van der Waals surface area contributed by atoms with Crippen molar-refractivity contribution in [3.63, 3.8) is 0 Å². The normalized spacial score (nSPS) is 14.4. The van der Waals surface area contributed by atoms with Crippen molar-refractivity contribution in [1.29, 1.82) is 0 Å². The number of nitrogens with one attached hydrogen (secondary N) is 1. The maximum atomic E-state index is 12.3. The number of oxazole rings is 1. The molecule has 1 saturated heterocycles. The van der Waals surface area contributed by atoms with Crippen LogP contribution in [0.25, 0.3) is 0 Å². The molecule has 2 aromatic rings. The quantitative estimate of drug-likeness (QED) is 0.890. The van der Waals surface area contributed by atoms with Crippen molar-refractivity contribution in [2.45, 2.75) is 13.3 Å². The molecule has 0 bridgehead atoms. The minimum atomic E-state index is -0.352. The minimum absolute atomic E-state index is 0.0572. The number of aryl methyl sites for hydroxylation is 1. The zero-order chi connectivity index (χ0) is 17.6. The topological polar surface area (TPSA) is 78.7 Å². The van der Waals surface area contributed by atoms with Crippen LogP contribution in [0.2, 0.25) is 0 Å². The van der Waals surface area contributed by atoms with E-state index in [0.717, 1.165) is 13.1 Å². The zero-order valence-corrected chi connectivity index (χ0v) is 14.3. The molecule has 25 heavy (non-hydrogen) atoms. The highest BCUT2D eigenvalue weighted by Crippen LogP contribution is 2.18. The van der Waals surface area contributed by atoms with E-state index in [-0.39, 0.29) is 30.5 Å². The maximum absolute atomic E-state index is 12.3. The van der Waals surface area contributed by atoms with E-state index in [1.54, 1.807) is 0 Å². The van der Waals surface area contributed by atoms with Gasteiger partial charge in [-0.25, -0.2) is 4.98 Å². The van der Waals surface area contributed by atoms with Crippen LogP contribution in [0.15, 0.2) is 41.3 Å². The summed E-state index contributed by atoms with van der Waals surface area (Å²) in [6.45, 7) is 5.40. The molecule has 0 atom stereocenters. The highest BCUT2D eigenvalue weighted by Gasteiger charge is 2.21. The van der Waals surface area contributed by atoms with Crippen LogP contribution in [0.1, 0.15) is 22.5 Å². The largest absolute Gasteiger partial charge is 0.438 e. The molecule has 0 aliphatic carbocycles. The predicted molar refractivity (Wildman–Crippen MR) is 93.4 cm³/mol. The van der Waals surface area contributed by atoms with Gasteiger partial charge in [0.05, 0.1) is 6.20 Å². The third kappa shape index (κ3) is 4.37. The summed E-state index contributed by atoms with van der Waals surface area (Å²) in [5, 5.41) is 2.67. The lowest BCUT2D eigenvalue weighted by Gasteiger charge is -2.36. The SMILES string of the molecule is Cc1cccc(N2CCN(C(=O)CCNC(=O)c3cnco3)CC2)c1. The molecule has 0 saturated carbocycles. The Morgan fingerprint density at radius 3 is 2.72 bits per heavy atom. The number of rotatable bonds is 5. The number of aromatic nitrogens is 1. The van der Waals surface area contributed by atoms with Gasteiger partial charge in [-0.15, -0.1) is 0 Å². The number of nitrogens with zero attached hydrogens (tertiary/aromatic N) is 3. The highest BCUT2D eigenvalue weighted by molar-refractivity contribution is 5.91. The summed E-state index contributed by atoms with van der Waals surface area (Å²) in [5.74, 6) is -0.143. The molecule has 1 aliphatic heterocycles. The van der Waals surface area contributed by atoms with E-state index < -0.39 is 0 Å². The second kappa shape index (κ2) is 7.83. The van der Waals surface area contributed by atoms with Crippen LogP contribution >= 0.6 is 0 Å². The zero-order valence-electron chi connectivity index (χ0n) is 14.3. The first-order chi connectivity index (χ1) is 12.1. The number of carbonyl (C=O) groups is 2. The first-order valence-electron chi connectivity index (χ1n) is 8.39. The smallest absolute Gasteiger partial charge is 0.288 e. The molecule has 7 heteroatoms. The maximum Gasteiger partial charge on any atom is 0.288 e. The lowest BCUT2D eigenvalue weighted by Crippen LogP contribution is -2.49. The first kappa shape index (κ1) is 17.0. The monoisotopic (exact) mass is 342 g/mol. The third-order valence-electron chi connectivity index (χ3n) is 4.28. The summed E-state index contributed by atoms with van der Waals surface area (Å²) in [5.41, 5.74) is 2.44. The summed E-state index contributed by atoms with van der Waals surface area (Å²) in [4.78, 5) is 31.8. The van der Waals surface area contributed by atoms with Gasteiger partial charge in [0.25, 0.3) is 5.91 Å². The standard InChI is InChI=1S/C18H22N4O3/c1-14-3-2-4-15(11-14)21-7-9-22(10-8-21)17(23)5-6-20-18(24)16-12-19-13-25-16/h2-4,11-13H,5-10H2,1H3,(H,20,24). The first-order valence-corrected chi connectivity index (χ1v) is 8.39. The molecule has 0 spiro atoms. The molecule has 1 N–H and O–H groups in total. The molecule has 132 valence electrons. The van der Waals surface area contributed by atoms with Crippen molar-refractivity contribution in [3.8, 4) is 0 Å². The average molecular weight is 342 g/mol. The molecule has 0 unspecified atom stereocenters. The summed E-state index contributed by atoms with van der Waals surface area (Å²) >= 11 is 0. The Labute approximate surface area is 146 Å². The summed E-state index contributed by atoms with van der Waals surface area (Å²) < 4.78 is 4.91. The van der Waals surface area contributed by atoms with Crippen molar-refractivity contribution in [3.05, 3.63) is 48.2 Å². The van der Waals surface area contributed by atoms with Crippen LogP contribution in [0.3, 0.4) is 0 Å². The number of anilines is 1. The van der Waals surface area contributed by atoms with Crippen molar-refractivity contribution >= 4 is 17.5 Å². The fourth-order valence-electron chi connectivity index (χ4n) is 2.89. The van der Waals surface area contributed by atoms with E-state index >= 15 is 0 Å². The molecule has 1 aliphatic rings. The van der Waals surface area contributed by atoms with Gasteiger partial charge < -0.3 is 19.5 Å². The van der Waals surface area contributed by atoms with Gasteiger partial charge in [0, 0.05) is 44.8 Å². The Morgan fingerprint density at radius 1 is 1.24 bits per heavy atom. The van der Waals surface area contributed by atoms with Crippen LogP contribution in [0.4, 0.5) is 5.69 Å². The lowest BCUT2D eigenvalue weighted by atomic mass is 10.2. The number of benzene rings is 1. The Kier molecular flexibility index (Phi) is 5.33. The fourth-order valence-corrected chi connectivity index (χ4v) is 2.89. The van der Waals surface area contributed by atoms with Crippen molar-refractivity contribution < 1.29 is 14.0 Å². The second-order valence-corrected chi connectivity index (χ2v) is 6.08. The Morgan fingerprint density at radius 2 is 2.04 bits per heavy atom. The summed E-state index contributed by atoms with van der Waals surface area (Å²) in [7, 11) is 0. The highest BCUT2D eigenvalue weighted by atomic mass is 16.3. The molecular formula is C18H22N4O3. The van der Waals surface area contributed by atoms with Gasteiger partial charge >= 0.3 is 0 Å². The molecular weight excluding hydrogens is 320 g/mol. The molecule has 7 nitrogen and oxygen atoms in total. The van der Waals surface area contributed by atoms with Crippen molar-refractivity contribution in [1.82, 2.24) is 15.2 Å². The molecule has 1 aromatic heterocycles. The Hall–Kier alpha value is -2.83. The molecule has 3 rings (SSSR count). The van der Waals surface area contributed by atoms with E-state index in [4.69, 9.17) is 4.42 Å². The van der Waals surface area contributed by atoms with Crippen LogP contribution in [-0.2, 0) is 4.79 Å². The van der Waals surface area contributed by atoms with E-state index in [1.807, 2.05) is 4.90 Å². The Balaban J connectivity index is 1.41. The van der Waals surface area contributed by atoms with Crippen molar-refractivity contribution in [2.24, 2.45) is 0 Å². The predicted octanol–water partition coefficient (Wildman–Crippen LogP) is 1.45. The molecule has 2 amide bonds. The summed E-state index contributed by atoms with van der Waals surface area (Å²) in [6.07, 6.45) is 2.83. The van der Waals surface area contributed by atoms with E-state index in [1.165, 1.54) is 23.8 Å². The van der Waals surface area contributed by atoms with Gasteiger partial charge in [-0.1, -0.05) is 12.1 Å². The van der Waals surface area contributed by atoms with E-state index in [2.05, 4.69) is 46.4 Å². The van der Waals surface area contributed by atoms with Crippen LogP contribution < -0.4 is 10.2 Å². The average Bonchev–Trinajstić information content (AvgIpc) is 3.16. The van der Waals surface area contributed by atoms with Crippen LogP contribution in [0, 0.1) is 6.92 Å². The van der Waals surface area contributed by atoms with Gasteiger partial charge in [-0.2, -0.15) is 0 Å². The fraction of sp³-hybridized carbons (Fsp3) is 0.389. The molecule has 0 radical (unpaired) electrons. The van der Waals surface area contributed by atoms with E-state index in [0.29, 0.717) is 13.1 Å². The number of hydrogen-bond acceptors (Lipinski definition) is 5. The second-order valence-electron chi connectivity index (χ2n) is 6.08. The number of carbonyl (C=O) groups excluding carboxylic acids is 2. The van der Waals surface area contributed by atoms with Gasteiger partial charge in [0.2, 0.25) is 11.7 Å². The van der Waals surface area contributed by atoms with Crippen LogP contribution in [-0.4, -0.2) is 54.4 Å². The van der Waals surface area contributed by atoms with Gasteiger partial charge in [0.1, 0.15) is 0 Å². The molecule has 1 aromatic carbocycles. The van der Waals surface area contributed by atoms with Crippen molar-refractivity contribution in [2.75, 3.05) is 37.6 Å². The third-order valence-corrected chi connectivity index (χ3v) is 4.28. The lowest BCUT2D eigenvalue weighted by molar-refractivity contribution is -0.131. The van der Waals surface area contributed by atoms with Gasteiger partial charge in [-0.3, -0.25) is 9.59 Å².